The van der Waals surface area contributed by atoms with Crippen molar-refractivity contribution in [2.24, 2.45) is 0 Å². The lowest BCUT2D eigenvalue weighted by Crippen LogP contribution is -1.88. The monoisotopic (exact) mass is 266 g/mol. The summed E-state index contributed by atoms with van der Waals surface area (Å²) in [6.45, 7) is 1.93. The van der Waals surface area contributed by atoms with Crippen molar-refractivity contribution in [1.82, 2.24) is 9.97 Å². The van der Waals surface area contributed by atoms with E-state index in [4.69, 9.17) is 16.7 Å². The van der Waals surface area contributed by atoms with E-state index in [0.29, 0.717) is 10.2 Å². The van der Waals surface area contributed by atoms with Crippen molar-refractivity contribution in [3.8, 4) is 0 Å². The number of hydrogen-bond acceptors (Lipinski definition) is 4. The van der Waals surface area contributed by atoms with Crippen LogP contribution in [0.25, 0.3) is 0 Å². The molecule has 2 aromatic rings. The van der Waals surface area contributed by atoms with E-state index in [-0.39, 0.29) is 6.61 Å². The van der Waals surface area contributed by atoms with E-state index < -0.39 is 0 Å². The lowest BCUT2D eigenvalue weighted by atomic mass is 10.2. The van der Waals surface area contributed by atoms with Gasteiger partial charge in [-0.1, -0.05) is 17.7 Å². The Morgan fingerprint density at radius 1 is 1.29 bits per heavy atom. The summed E-state index contributed by atoms with van der Waals surface area (Å²) in [4.78, 5) is 9.28. The maximum Gasteiger partial charge on any atom is 0.192 e. The van der Waals surface area contributed by atoms with Gasteiger partial charge in [0.1, 0.15) is 0 Å². The molecule has 17 heavy (non-hydrogen) atoms. The SMILES string of the molecule is Cc1cnc(Sc2ccc(CO)cc2Cl)nc1. The topological polar surface area (TPSA) is 46.0 Å². The fourth-order valence-corrected chi connectivity index (χ4v) is 2.28. The standard InChI is InChI=1S/C12H11ClN2OS/c1-8-5-14-12(15-6-8)17-11-3-2-9(7-16)4-10(11)13/h2-6,16H,7H2,1H3. The van der Waals surface area contributed by atoms with Gasteiger partial charge >= 0.3 is 0 Å². The first kappa shape index (κ1) is 12.4. The molecule has 88 valence electrons. The van der Waals surface area contributed by atoms with E-state index >= 15 is 0 Å². The highest BCUT2D eigenvalue weighted by atomic mass is 35.5. The molecule has 0 fully saturated rings. The molecule has 1 heterocycles. The Kier molecular flexibility index (Phi) is 3.99. The van der Waals surface area contributed by atoms with Gasteiger partial charge in [-0.2, -0.15) is 0 Å². The zero-order chi connectivity index (χ0) is 12.3. The van der Waals surface area contributed by atoms with Crippen LogP contribution in [0.3, 0.4) is 0 Å². The summed E-state index contributed by atoms with van der Waals surface area (Å²) in [6.07, 6.45) is 3.54. The van der Waals surface area contributed by atoms with Crippen molar-refractivity contribution < 1.29 is 5.11 Å². The Labute approximate surface area is 109 Å². The van der Waals surface area contributed by atoms with Crippen LogP contribution >= 0.6 is 23.4 Å². The van der Waals surface area contributed by atoms with E-state index in [9.17, 15) is 0 Å². The summed E-state index contributed by atoms with van der Waals surface area (Å²) in [5.74, 6) is 0. The van der Waals surface area contributed by atoms with Crippen molar-refractivity contribution >= 4 is 23.4 Å². The highest BCUT2D eigenvalue weighted by Gasteiger charge is 2.05. The molecule has 0 amide bonds. The molecule has 1 aromatic carbocycles. The zero-order valence-electron chi connectivity index (χ0n) is 9.22. The fraction of sp³-hybridized carbons (Fsp3) is 0.167. The van der Waals surface area contributed by atoms with Crippen LogP contribution < -0.4 is 0 Å². The lowest BCUT2D eigenvalue weighted by Gasteiger charge is -2.04. The second kappa shape index (κ2) is 5.49. The lowest BCUT2D eigenvalue weighted by molar-refractivity contribution is 0.282. The predicted molar refractivity (Wildman–Crippen MR) is 68.3 cm³/mol. The first-order chi connectivity index (χ1) is 8.19. The molecule has 0 unspecified atom stereocenters. The predicted octanol–water partition coefficient (Wildman–Crippen LogP) is 3.08. The average Bonchev–Trinajstić information content (AvgIpc) is 2.34. The normalized spacial score (nSPS) is 10.5. The molecule has 0 atom stereocenters. The molecule has 0 spiro atoms. The van der Waals surface area contributed by atoms with Gasteiger partial charge < -0.3 is 5.11 Å². The smallest absolute Gasteiger partial charge is 0.192 e. The second-order valence-corrected chi connectivity index (χ2v) is 4.98. The number of aryl methyl sites for hydroxylation is 1. The third kappa shape index (κ3) is 3.19. The molecule has 1 aromatic heterocycles. The first-order valence-corrected chi connectivity index (χ1v) is 6.24. The number of aromatic nitrogens is 2. The highest BCUT2D eigenvalue weighted by molar-refractivity contribution is 7.99. The van der Waals surface area contributed by atoms with Crippen molar-refractivity contribution in [3.63, 3.8) is 0 Å². The molecule has 0 aliphatic rings. The number of hydrogen-bond donors (Lipinski definition) is 1. The Bertz CT molecular complexity index is 516. The molecule has 0 bridgehead atoms. The summed E-state index contributed by atoms with van der Waals surface area (Å²) < 4.78 is 0. The zero-order valence-corrected chi connectivity index (χ0v) is 10.8. The molecule has 2 rings (SSSR count). The minimum atomic E-state index is -0.00824. The molecule has 0 aliphatic carbocycles. The summed E-state index contributed by atoms with van der Waals surface area (Å²) in [6, 6.07) is 5.45. The molecule has 1 N–H and O–H groups in total. The van der Waals surface area contributed by atoms with Crippen LogP contribution in [-0.4, -0.2) is 15.1 Å². The van der Waals surface area contributed by atoms with Crippen molar-refractivity contribution in [2.75, 3.05) is 0 Å². The Hall–Kier alpha value is -1.10. The van der Waals surface area contributed by atoms with Gasteiger partial charge in [0, 0.05) is 17.3 Å². The number of rotatable bonds is 3. The molecule has 0 saturated carbocycles. The summed E-state index contributed by atoms with van der Waals surface area (Å²) in [7, 11) is 0. The highest BCUT2D eigenvalue weighted by Crippen LogP contribution is 2.31. The Morgan fingerprint density at radius 2 is 2.00 bits per heavy atom. The number of aliphatic hydroxyl groups is 1. The summed E-state index contributed by atoms with van der Waals surface area (Å²) in [5.41, 5.74) is 1.82. The van der Waals surface area contributed by atoms with Crippen LogP contribution in [0.4, 0.5) is 0 Å². The van der Waals surface area contributed by atoms with Gasteiger partial charge in [-0.15, -0.1) is 0 Å². The van der Waals surface area contributed by atoms with Crippen LogP contribution in [0.5, 0.6) is 0 Å². The quantitative estimate of drug-likeness (QED) is 0.868. The molecule has 0 aliphatic heterocycles. The fourth-order valence-electron chi connectivity index (χ4n) is 1.26. The molecule has 0 radical (unpaired) electrons. The number of halogens is 1. The van der Waals surface area contributed by atoms with Crippen LogP contribution in [-0.2, 0) is 6.61 Å². The Morgan fingerprint density at radius 3 is 2.59 bits per heavy atom. The van der Waals surface area contributed by atoms with Gasteiger partial charge in [0.15, 0.2) is 5.16 Å². The van der Waals surface area contributed by atoms with E-state index in [1.807, 2.05) is 19.1 Å². The van der Waals surface area contributed by atoms with Crippen LogP contribution in [0.1, 0.15) is 11.1 Å². The van der Waals surface area contributed by atoms with E-state index in [1.54, 1.807) is 18.5 Å². The van der Waals surface area contributed by atoms with Crippen molar-refractivity contribution in [1.29, 1.82) is 0 Å². The van der Waals surface area contributed by atoms with Gasteiger partial charge in [-0.25, -0.2) is 9.97 Å². The van der Waals surface area contributed by atoms with Crippen LogP contribution in [0.2, 0.25) is 5.02 Å². The third-order valence-corrected chi connectivity index (χ3v) is 3.53. The van der Waals surface area contributed by atoms with E-state index in [1.165, 1.54) is 11.8 Å². The molecular weight excluding hydrogens is 256 g/mol. The second-order valence-electron chi connectivity index (χ2n) is 3.57. The van der Waals surface area contributed by atoms with Gasteiger partial charge in [-0.05, 0) is 41.9 Å². The average molecular weight is 267 g/mol. The van der Waals surface area contributed by atoms with Gasteiger partial charge in [0.05, 0.1) is 11.6 Å². The van der Waals surface area contributed by atoms with Crippen molar-refractivity contribution in [2.45, 2.75) is 23.6 Å². The molecular formula is C12H11ClN2OS. The van der Waals surface area contributed by atoms with Gasteiger partial charge in [0.25, 0.3) is 0 Å². The van der Waals surface area contributed by atoms with Crippen molar-refractivity contribution in [3.05, 3.63) is 46.7 Å². The number of aliphatic hydroxyl groups excluding tert-OH is 1. The molecule has 3 nitrogen and oxygen atoms in total. The molecule has 5 heteroatoms. The van der Waals surface area contributed by atoms with E-state index in [2.05, 4.69) is 9.97 Å². The Balaban J connectivity index is 2.21. The summed E-state index contributed by atoms with van der Waals surface area (Å²) in [5, 5.41) is 10.2. The summed E-state index contributed by atoms with van der Waals surface area (Å²) >= 11 is 7.51. The minimum absolute atomic E-state index is 0.00824. The third-order valence-electron chi connectivity index (χ3n) is 2.14. The molecule has 0 saturated heterocycles. The van der Waals surface area contributed by atoms with Crippen LogP contribution in [0.15, 0.2) is 40.6 Å². The maximum absolute atomic E-state index is 8.98. The van der Waals surface area contributed by atoms with Gasteiger partial charge in [-0.3, -0.25) is 0 Å². The minimum Gasteiger partial charge on any atom is -0.392 e. The first-order valence-electron chi connectivity index (χ1n) is 5.05. The maximum atomic E-state index is 8.98. The van der Waals surface area contributed by atoms with E-state index in [0.717, 1.165) is 16.0 Å². The number of benzene rings is 1. The van der Waals surface area contributed by atoms with Gasteiger partial charge in [0.2, 0.25) is 0 Å². The van der Waals surface area contributed by atoms with Crippen LogP contribution in [0, 0.1) is 6.92 Å². The number of nitrogens with zero attached hydrogens (tertiary/aromatic N) is 2. The largest absolute Gasteiger partial charge is 0.392 e.